The first kappa shape index (κ1) is 22.3. The zero-order chi connectivity index (χ0) is 23.7. The number of rotatable bonds is 6. The molecule has 170 valence electrons. The quantitative estimate of drug-likeness (QED) is 0.482. The number of amides is 1. The summed E-state index contributed by atoms with van der Waals surface area (Å²) in [7, 11) is 1.55. The lowest BCUT2D eigenvalue weighted by Crippen LogP contribution is -2.35. The largest absolute Gasteiger partial charge is 0.495 e. The van der Waals surface area contributed by atoms with E-state index >= 15 is 0 Å². The molecule has 8 nitrogen and oxygen atoms in total. The number of fused-ring (bicyclic) bond motifs is 1. The normalized spacial score (nSPS) is 12.0. The van der Waals surface area contributed by atoms with Crippen molar-refractivity contribution in [1.82, 2.24) is 19.6 Å². The molecular weight excluding hydrogens is 418 g/mol. The van der Waals surface area contributed by atoms with Crippen LogP contribution in [0.15, 0.2) is 53.3 Å². The number of carbonyl (C=O) groups is 1. The highest BCUT2D eigenvalue weighted by molar-refractivity contribution is 5.95. The molecule has 2 aromatic carbocycles. The van der Waals surface area contributed by atoms with Gasteiger partial charge in [-0.1, -0.05) is 31.2 Å². The van der Waals surface area contributed by atoms with Gasteiger partial charge in [-0.3, -0.25) is 9.59 Å². The van der Waals surface area contributed by atoms with E-state index < -0.39 is 6.04 Å². The Labute approximate surface area is 191 Å². The molecule has 2 aromatic heterocycles. The number of para-hydroxylation sites is 1. The minimum atomic E-state index is -0.787. The van der Waals surface area contributed by atoms with Crippen LogP contribution >= 0.6 is 0 Å². The van der Waals surface area contributed by atoms with Crippen molar-refractivity contribution in [3.63, 3.8) is 0 Å². The lowest BCUT2D eigenvalue weighted by Gasteiger charge is -2.18. The molecule has 0 aliphatic rings. The molecule has 0 aliphatic heterocycles. The van der Waals surface area contributed by atoms with Gasteiger partial charge < -0.3 is 10.1 Å². The van der Waals surface area contributed by atoms with Gasteiger partial charge in [-0.25, -0.2) is 9.36 Å². The third kappa shape index (κ3) is 4.00. The number of anilines is 1. The van der Waals surface area contributed by atoms with Gasteiger partial charge in [0.1, 0.15) is 17.3 Å². The molecule has 0 saturated carbocycles. The number of aryl methyl sites for hydroxylation is 3. The van der Waals surface area contributed by atoms with Crippen LogP contribution in [0, 0.1) is 20.8 Å². The fourth-order valence-electron chi connectivity index (χ4n) is 4.02. The molecule has 0 spiro atoms. The number of nitrogens with one attached hydrogen (secondary N) is 1. The Kier molecular flexibility index (Phi) is 6.00. The van der Waals surface area contributed by atoms with Crippen LogP contribution < -0.4 is 15.6 Å². The smallest absolute Gasteiger partial charge is 0.278 e. The number of methoxy groups -OCH3 is 1. The third-order valence-electron chi connectivity index (χ3n) is 5.74. The average Bonchev–Trinajstić information content (AvgIpc) is 3.16. The fraction of sp³-hybridized carbons (Fsp3) is 0.280. The van der Waals surface area contributed by atoms with Crippen molar-refractivity contribution >= 4 is 22.5 Å². The molecule has 1 N–H and O–H groups in total. The summed E-state index contributed by atoms with van der Waals surface area (Å²) in [6, 6.07) is 14.4. The second-order valence-corrected chi connectivity index (χ2v) is 8.01. The Morgan fingerprint density at radius 3 is 2.48 bits per heavy atom. The molecule has 0 aliphatic carbocycles. The lowest BCUT2D eigenvalue weighted by molar-refractivity contribution is -0.119. The minimum Gasteiger partial charge on any atom is -0.495 e. The molecule has 4 rings (SSSR count). The van der Waals surface area contributed by atoms with E-state index in [1.165, 1.54) is 4.68 Å². The van der Waals surface area contributed by atoms with Gasteiger partial charge >= 0.3 is 0 Å². The Bertz CT molecular complexity index is 1390. The van der Waals surface area contributed by atoms with Crippen molar-refractivity contribution in [2.75, 3.05) is 12.4 Å². The van der Waals surface area contributed by atoms with Crippen molar-refractivity contribution in [2.45, 2.75) is 40.2 Å². The highest BCUT2D eigenvalue weighted by Crippen LogP contribution is 2.27. The van der Waals surface area contributed by atoms with Crippen LogP contribution in [0.25, 0.3) is 16.6 Å². The summed E-state index contributed by atoms with van der Waals surface area (Å²) in [4.78, 5) is 26.8. The molecule has 0 fully saturated rings. The third-order valence-corrected chi connectivity index (χ3v) is 5.74. The van der Waals surface area contributed by atoms with Crippen LogP contribution in [-0.4, -0.2) is 32.6 Å². The van der Waals surface area contributed by atoms with Gasteiger partial charge in [-0.15, -0.1) is 0 Å². The fourth-order valence-corrected chi connectivity index (χ4v) is 4.02. The molecule has 0 bridgehead atoms. The van der Waals surface area contributed by atoms with E-state index in [9.17, 15) is 9.59 Å². The van der Waals surface area contributed by atoms with Crippen LogP contribution in [0.1, 0.15) is 36.3 Å². The van der Waals surface area contributed by atoms with E-state index in [0.29, 0.717) is 40.1 Å². The summed E-state index contributed by atoms with van der Waals surface area (Å²) >= 11 is 0. The van der Waals surface area contributed by atoms with Gasteiger partial charge in [-0.2, -0.15) is 10.2 Å². The number of hydrogen-bond acceptors (Lipinski definition) is 5. The van der Waals surface area contributed by atoms with Crippen LogP contribution in [0.4, 0.5) is 5.69 Å². The van der Waals surface area contributed by atoms with Crippen molar-refractivity contribution in [2.24, 2.45) is 0 Å². The number of nitrogens with zero attached hydrogens (tertiary/aromatic N) is 4. The molecule has 2 heterocycles. The molecule has 0 unspecified atom stereocenters. The van der Waals surface area contributed by atoms with E-state index in [0.717, 1.165) is 11.3 Å². The van der Waals surface area contributed by atoms with Gasteiger partial charge in [0.15, 0.2) is 0 Å². The summed E-state index contributed by atoms with van der Waals surface area (Å²) in [6.45, 7) is 7.44. The Morgan fingerprint density at radius 1 is 1.09 bits per heavy atom. The summed E-state index contributed by atoms with van der Waals surface area (Å²) in [5.74, 6) is 0.221. The second-order valence-electron chi connectivity index (χ2n) is 8.01. The number of carbonyl (C=O) groups excluding carboxylic acids is 1. The Hall–Kier alpha value is -3.94. The van der Waals surface area contributed by atoms with Crippen LogP contribution in [0.2, 0.25) is 0 Å². The minimum absolute atomic E-state index is 0.331. The van der Waals surface area contributed by atoms with Gasteiger partial charge in [0, 0.05) is 0 Å². The lowest BCUT2D eigenvalue weighted by atomic mass is 10.1. The molecule has 1 amide bonds. The zero-order valence-corrected chi connectivity index (χ0v) is 19.4. The molecule has 0 radical (unpaired) electrons. The van der Waals surface area contributed by atoms with Crippen molar-refractivity contribution in [3.05, 3.63) is 75.8 Å². The van der Waals surface area contributed by atoms with E-state index in [1.807, 2.05) is 63.2 Å². The summed E-state index contributed by atoms with van der Waals surface area (Å²) in [5, 5.41) is 12.5. The van der Waals surface area contributed by atoms with Crippen LogP contribution in [0.3, 0.4) is 0 Å². The maximum atomic E-state index is 13.5. The number of aromatic nitrogens is 4. The Balaban J connectivity index is 1.79. The average molecular weight is 446 g/mol. The number of hydrogen-bond donors (Lipinski definition) is 1. The van der Waals surface area contributed by atoms with Crippen LogP contribution in [-0.2, 0) is 4.79 Å². The number of benzene rings is 2. The zero-order valence-electron chi connectivity index (χ0n) is 19.4. The van der Waals surface area contributed by atoms with Gasteiger partial charge in [0.2, 0.25) is 5.91 Å². The standard InChI is InChI=1S/C25H27N5O3/c1-6-20(24(31)26-19-14-15(2)12-13-21(19)33-5)30-25(32)22-17(4)29(18-10-8-7-9-11-18)28-23(22)16(3)27-30/h7-14,20H,6H2,1-5H3,(H,26,31)/t20-/m1/s1. The highest BCUT2D eigenvalue weighted by atomic mass is 16.5. The predicted octanol–water partition coefficient (Wildman–Crippen LogP) is 4.11. The van der Waals surface area contributed by atoms with E-state index in [4.69, 9.17) is 4.74 Å². The topological polar surface area (TPSA) is 91.0 Å². The SMILES string of the molecule is CC[C@H](C(=O)Nc1cc(C)ccc1OC)n1nc(C)c2nn(-c3ccccc3)c(C)c2c1=O. The van der Waals surface area contributed by atoms with E-state index in [1.54, 1.807) is 24.8 Å². The summed E-state index contributed by atoms with van der Waals surface area (Å²) in [5.41, 5.74) is 3.88. The first-order chi connectivity index (χ1) is 15.8. The molecule has 1 atom stereocenters. The summed E-state index contributed by atoms with van der Waals surface area (Å²) in [6.07, 6.45) is 0.393. The first-order valence-electron chi connectivity index (χ1n) is 10.8. The maximum absolute atomic E-state index is 13.5. The molecular formula is C25H27N5O3. The van der Waals surface area contributed by atoms with Crippen molar-refractivity contribution in [3.8, 4) is 11.4 Å². The Morgan fingerprint density at radius 2 is 1.82 bits per heavy atom. The van der Waals surface area contributed by atoms with Crippen molar-refractivity contribution < 1.29 is 9.53 Å². The second kappa shape index (κ2) is 8.90. The van der Waals surface area contributed by atoms with E-state index in [2.05, 4.69) is 15.5 Å². The van der Waals surface area contributed by atoms with Gasteiger partial charge in [0.25, 0.3) is 5.56 Å². The number of ether oxygens (including phenoxy) is 1. The van der Waals surface area contributed by atoms with E-state index in [-0.39, 0.29) is 11.5 Å². The molecule has 8 heteroatoms. The molecule has 4 aromatic rings. The van der Waals surface area contributed by atoms with Crippen LogP contribution in [0.5, 0.6) is 5.75 Å². The molecule has 33 heavy (non-hydrogen) atoms. The van der Waals surface area contributed by atoms with Gasteiger partial charge in [-0.05, 0) is 57.0 Å². The summed E-state index contributed by atoms with van der Waals surface area (Å²) < 4.78 is 8.39. The monoisotopic (exact) mass is 445 g/mol. The molecule has 0 saturated heterocycles. The predicted molar refractivity (Wildman–Crippen MR) is 128 cm³/mol. The van der Waals surface area contributed by atoms with Crippen molar-refractivity contribution in [1.29, 1.82) is 0 Å². The maximum Gasteiger partial charge on any atom is 0.278 e. The highest BCUT2D eigenvalue weighted by Gasteiger charge is 2.26. The first-order valence-corrected chi connectivity index (χ1v) is 10.8. The van der Waals surface area contributed by atoms with Gasteiger partial charge in [0.05, 0.1) is 35.3 Å².